The number of hydrogen-bond acceptors (Lipinski definition) is 6. The summed E-state index contributed by atoms with van der Waals surface area (Å²) in [6.45, 7) is 5.86. The summed E-state index contributed by atoms with van der Waals surface area (Å²) >= 11 is 1.73. The van der Waals surface area contributed by atoms with Crippen LogP contribution in [0.1, 0.15) is 35.3 Å². The van der Waals surface area contributed by atoms with Gasteiger partial charge in [-0.05, 0) is 43.2 Å². The van der Waals surface area contributed by atoms with Crippen LogP contribution in [0.15, 0.2) is 35.1 Å². The average Bonchev–Trinajstić information content (AvgIpc) is 3.01. The monoisotopic (exact) mass is 452 g/mol. The lowest BCUT2D eigenvalue weighted by Gasteiger charge is -2.26. The lowest BCUT2D eigenvalue weighted by Crippen LogP contribution is -2.39. The fraction of sp³-hybridized carbons (Fsp3) is 0.520. The summed E-state index contributed by atoms with van der Waals surface area (Å²) in [5, 5.41) is 4.37. The Bertz CT molecular complexity index is 1100. The van der Waals surface area contributed by atoms with Crippen LogP contribution in [0.4, 0.5) is 5.95 Å². The number of nitrogens with zero attached hydrogens (tertiary/aromatic N) is 3. The first-order valence-electron chi connectivity index (χ1n) is 11.9. The zero-order chi connectivity index (χ0) is 21.8. The van der Waals surface area contributed by atoms with Gasteiger partial charge in [0.15, 0.2) is 0 Å². The topological polar surface area (TPSA) is 59.4 Å². The van der Waals surface area contributed by atoms with E-state index in [9.17, 15) is 4.79 Å². The molecule has 2 aromatic heterocycles. The lowest BCUT2D eigenvalue weighted by molar-refractivity contribution is 0.0398. The summed E-state index contributed by atoms with van der Waals surface area (Å²) in [7, 11) is 0. The average molecular weight is 453 g/mol. The minimum absolute atomic E-state index is 0.124. The van der Waals surface area contributed by atoms with Crippen molar-refractivity contribution in [3.8, 4) is 0 Å². The smallest absolute Gasteiger partial charge is 0.263 e. The molecule has 1 aliphatic heterocycles. The molecule has 5 rings (SSSR count). The van der Waals surface area contributed by atoms with Crippen LogP contribution in [0.3, 0.4) is 0 Å². The fourth-order valence-electron chi connectivity index (χ4n) is 4.79. The van der Waals surface area contributed by atoms with Gasteiger partial charge in [-0.2, -0.15) is 0 Å². The van der Waals surface area contributed by atoms with Crippen molar-refractivity contribution in [3.63, 3.8) is 0 Å². The van der Waals surface area contributed by atoms with E-state index in [1.165, 1.54) is 35.3 Å². The molecular weight excluding hydrogens is 420 g/mol. The van der Waals surface area contributed by atoms with E-state index in [0.717, 1.165) is 68.9 Å². The second-order valence-electron chi connectivity index (χ2n) is 8.75. The molecule has 3 heterocycles. The van der Waals surface area contributed by atoms with Crippen molar-refractivity contribution in [2.45, 2.75) is 45.1 Å². The molecule has 0 atom stereocenters. The minimum Gasteiger partial charge on any atom is -0.379 e. The molecule has 1 N–H and O–H groups in total. The van der Waals surface area contributed by atoms with E-state index in [1.807, 2.05) is 10.6 Å². The fourth-order valence-corrected chi connectivity index (χ4v) is 6.05. The summed E-state index contributed by atoms with van der Waals surface area (Å²) < 4.78 is 7.33. The second-order valence-corrected chi connectivity index (χ2v) is 9.84. The lowest BCUT2D eigenvalue weighted by atomic mass is 10.1. The van der Waals surface area contributed by atoms with Crippen LogP contribution in [-0.2, 0) is 30.5 Å². The molecule has 1 aromatic carbocycles. The Morgan fingerprint density at radius 1 is 1.03 bits per heavy atom. The predicted molar refractivity (Wildman–Crippen MR) is 131 cm³/mol. The van der Waals surface area contributed by atoms with Gasteiger partial charge >= 0.3 is 0 Å². The summed E-state index contributed by atoms with van der Waals surface area (Å²) in [6.07, 6.45) is 6.54. The quantitative estimate of drug-likeness (QED) is 0.554. The van der Waals surface area contributed by atoms with Crippen LogP contribution in [0.25, 0.3) is 10.2 Å². The molecule has 1 fully saturated rings. The van der Waals surface area contributed by atoms with E-state index in [-0.39, 0.29) is 5.56 Å². The highest BCUT2D eigenvalue weighted by molar-refractivity contribution is 7.18. The van der Waals surface area contributed by atoms with E-state index < -0.39 is 0 Å². The number of nitrogens with one attached hydrogen (secondary N) is 1. The molecular formula is C25H32N4O2S. The molecule has 0 radical (unpaired) electrons. The number of morpholine rings is 1. The van der Waals surface area contributed by atoms with Gasteiger partial charge in [0.25, 0.3) is 5.56 Å². The summed E-state index contributed by atoms with van der Waals surface area (Å²) in [5.74, 6) is 0.711. The SMILES string of the molecule is O=c1c2c3c(sc2nc(NCCN2CCOCC2)n1CCc1ccccc1)CCCCC3. The van der Waals surface area contributed by atoms with Crippen molar-refractivity contribution < 1.29 is 4.74 Å². The Kier molecular flexibility index (Phi) is 6.86. The van der Waals surface area contributed by atoms with Gasteiger partial charge in [-0.1, -0.05) is 36.8 Å². The predicted octanol–water partition coefficient (Wildman–Crippen LogP) is 3.71. The molecule has 1 saturated heterocycles. The zero-order valence-corrected chi connectivity index (χ0v) is 19.5. The molecule has 0 bridgehead atoms. The van der Waals surface area contributed by atoms with E-state index in [2.05, 4.69) is 34.5 Å². The van der Waals surface area contributed by atoms with Crippen LogP contribution >= 0.6 is 11.3 Å². The number of aryl methyl sites for hydroxylation is 3. The minimum atomic E-state index is 0.124. The number of ether oxygens (including phenoxy) is 1. The van der Waals surface area contributed by atoms with E-state index in [4.69, 9.17) is 9.72 Å². The van der Waals surface area contributed by atoms with Crippen LogP contribution in [0.5, 0.6) is 0 Å². The van der Waals surface area contributed by atoms with Crippen molar-refractivity contribution in [2.75, 3.05) is 44.7 Å². The highest BCUT2D eigenvalue weighted by atomic mass is 32.1. The molecule has 170 valence electrons. The molecule has 6 nitrogen and oxygen atoms in total. The van der Waals surface area contributed by atoms with Crippen LogP contribution in [0, 0.1) is 0 Å². The normalized spacial score (nSPS) is 17.2. The van der Waals surface area contributed by atoms with Gasteiger partial charge in [0, 0.05) is 37.6 Å². The van der Waals surface area contributed by atoms with E-state index in [1.54, 1.807) is 11.3 Å². The number of fused-ring (bicyclic) bond motifs is 3. The second kappa shape index (κ2) is 10.1. The summed E-state index contributed by atoms with van der Waals surface area (Å²) in [5.41, 5.74) is 2.63. The van der Waals surface area contributed by atoms with Gasteiger partial charge in [0.1, 0.15) is 4.83 Å². The van der Waals surface area contributed by atoms with Gasteiger partial charge in [-0.3, -0.25) is 14.3 Å². The molecule has 1 aliphatic carbocycles. The maximum Gasteiger partial charge on any atom is 0.263 e. The van der Waals surface area contributed by atoms with Crippen molar-refractivity contribution in [3.05, 3.63) is 56.7 Å². The Hall–Kier alpha value is -2.22. The van der Waals surface area contributed by atoms with Crippen molar-refractivity contribution >= 4 is 27.5 Å². The molecule has 0 spiro atoms. The third-order valence-corrected chi connectivity index (χ3v) is 7.79. The molecule has 2 aliphatic rings. The van der Waals surface area contributed by atoms with Crippen molar-refractivity contribution in [1.82, 2.24) is 14.5 Å². The molecule has 3 aromatic rings. The largest absolute Gasteiger partial charge is 0.379 e. The van der Waals surface area contributed by atoms with Gasteiger partial charge < -0.3 is 10.1 Å². The first kappa shape index (κ1) is 21.6. The molecule has 0 saturated carbocycles. The van der Waals surface area contributed by atoms with E-state index >= 15 is 0 Å². The first-order chi connectivity index (χ1) is 15.8. The number of rotatable bonds is 7. The Balaban J connectivity index is 1.44. The van der Waals surface area contributed by atoms with Crippen LogP contribution < -0.4 is 10.9 Å². The Labute approximate surface area is 193 Å². The number of benzene rings is 1. The number of anilines is 1. The standard InChI is InChI=1S/C25H32N4O2S/c30-24-22-20-9-5-2-6-10-21(20)32-23(22)27-25(26-12-14-28-15-17-31-18-16-28)29(24)13-11-19-7-3-1-4-8-19/h1,3-4,7-8H,2,5-6,9-18H2,(H,26,27). The summed E-state index contributed by atoms with van der Waals surface area (Å²) in [4.78, 5) is 23.4. The number of aromatic nitrogens is 2. The zero-order valence-electron chi connectivity index (χ0n) is 18.6. The van der Waals surface area contributed by atoms with Gasteiger partial charge in [0.2, 0.25) is 5.95 Å². The summed E-state index contributed by atoms with van der Waals surface area (Å²) in [6, 6.07) is 10.4. The van der Waals surface area contributed by atoms with Gasteiger partial charge in [0.05, 0.1) is 18.6 Å². The van der Waals surface area contributed by atoms with Gasteiger partial charge in [-0.15, -0.1) is 11.3 Å². The Morgan fingerprint density at radius 3 is 2.69 bits per heavy atom. The first-order valence-corrected chi connectivity index (χ1v) is 12.7. The molecule has 32 heavy (non-hydrogen) atoms. The third-order valence-electron chi connectivity index (χ3n) is 6.61. The Morgan fingerprint density at radius 2 is 1.84 bits per heavy atom. The maximum absolute atomic E-state index is 13.7. The molecule has 0 unspecified atom stereocenters. The third kappa shape index (κ3) is 4.75. The molecule has 7 heteroatoms. The number of hydrogen-bond donors (Lipinski definition) is 1. The van der Waals surface area contributed by atoms with Crippen LogP contribution in [-0.4, -0.2) is 53.8 Å². The molecule has 0 amide bonds. The van der Waals surface area contributed by atoms with Crippen LogP contribution in [0.2, 0.25) is 0 Å². The van der Waals surface area contributed by atoms with Crippen molar-refractivity contribution in [2.24, 2.45) is 0 Å². The number of thiophene rings is 1. The maximum atomic E-state index is 13.7. The van der Waals surface area contributed by atoms with Gasteiger partial charge in [-0.25, -0.2) is 4.98 Å². The van der Waals surface area contributed by atoms with E-state index in [0.29, 0.717) is 12.5 Å². The highest BCUT2D eigenvalue weighted by Gasteiger charge is 2.21. The van der Waals surface area contributed by atoms with Crippen molar-refractivity contribution in [1.29, 1.82) is 0 Å². The highest BCUT2D eigenvalue weighted by Crippen LogP contribution is 2.33.